The van der Waals surface area contributed by atoms with Gasteiger partial charge in [0, 0.05) is 28.5 Å². The summed E-state index contributed by atoms with van der Waals surface area (Å²) in [6.45, 7) is 2.57. The van der Waals surface area contributed by atoms with E-state index in [1.54, 1.807) is 0 Å². The van der Waals surface area contributed by atoms with E-state index in [1.165, 1.54) is 0 Å². The SMILES string of the molecule is CCc1noc(Cn2ccc3c(Cl)cccc32)n1. The van der Waals surface area contributed by atoms with Crippen molar-refractivity contribution in [2.24, 2.45) is 0 Å². The first-order valence-corrected chi connectivity index (χ1v) is 6.20. The molecule has 0 aliphatic rings. The van der Waals surface area contributed by atoms with Crippen molar-refractivity contribution in [3.05, 3.63) is 47.2 Å². The Morgan fingerprint density at radius 2 is 2.22 bits per heavy atom. The highest BCUT2D eigenvalue weighted by Gasteiger charge is 2.08. The smallest absolute Gasteiger partial charge is 0.246 e. The van der Waals surface area contributed by atoms with E-state index in [-0.39, 0.29) is 0 Å². The fourth-order valence-corrected chi connectivity index (χ4v) is 2.20. The molecule has 0 saturated heterocycles. The van der Waals surface area contributed by atoms with Crippen molar-refractivity contribution in [1.29, 1.82) is 0 Å². The van der Waals surface area contributed by atoms with Gasteiger partial charge in [0.1, 0.15) is 6.54 Å². The lowest BCUT2D eigenvalue weighted by Crippen LogP contribution is -1.98. The second kappa shape index (κ2) is 4.46. The van der Waals surface area contributed by atoms with Crippen molar-refractivity contribution in [2.75, 3.05) is 0 Å². The van der Waals surface area contributed by atoms with E-state index in [0.29, 0.717) is 12.4 Å². The van der Waals surface area contributed by atoms with Crippen LogP contribution in [0.2, 0.25) is 5.02 Å². The molecule has 0 amide bonds. The van der Waals surface area contributed by atoms with Gasteiger partial charge in [-0.25, -0.2) is 0 Å². The molecule has 0 spiro atoms. The topological polar surface area (TPSA) is 43.9 Å². The molecule has 0 atom stereocenters. The largest absolute Gasteiger partial charge is 0.338 e. The first-order valence-electron chi connectivity index (χ1n) is 5.82. The number of nitrogens with zero attached hydrogens (tertiary/aromatic N) is 3. The monoisotopic (exact) mass is 261 g/mol. The van der Waals surface area contributed by atoms with Crippen molar-refractivity contribution in [2.45, 2.75) is 19.9 Å². The van der Waals surface area contributed by atoms with Gasteiger partial charge < -0.3 is 9.09 Å². The molecule has 2 heterocycles. The van der Waals surface area contributed by atoms with Crippen molar-refractivity contribution >= 4 is 22.5 Å². The summed E-state index contributed by atoms with van der Waals surface area (Å²) in [6.07, 6.45) is 2.76. The van der Waals surface area contributed by atoms with Gasteiger partial charge in [0.15, 0.2) is 5.82 Å². The zero-order valence-corrected chi connectivity index (χ0v) is 10.7. The lowest BCUT2D eigenvalue weighted by molar-refractivity contribution is 0.368. The molecular weight excluding hydrogens is 250 g/mol. The average molecular weight is 262 g/mol. The number of hydrogen-bond donors (Lipinski definition) is 0. The molecule has 5 heteroatoms. The van der Waals surface area contributed by atoms with Gasteiger partial charge >= 0.3 is 0 Å². The second-order valence-corrected chi connectivity index (χ2v) is 4.48. The van der Waals surface area contributed by atoms with Crippen molar-refractivity contribution in [1.82, 2.24) is 14.7 Å². The van der Waals surface area contributed by atoms with Gasteiger partial charge in [-0.3, -0.25) is 0 Å². The molecule has 0 fully saturated rings. The van der Waals surface area contributed by atoms with Crippen LogP contribution >= 0.6 is 11.6 Å². The normalized spacial score (nSPS) is 11.2. The van der Waals surface area contributed by atoms with Crippen molar-refractivity contribution in [3.63, 3.8) is 0 Å². The van der Waals surface area contributed by atoms with Crippen LogP contribution in [0.4, 0.5) is 0 Å². The third-order valence-corrected chi connectivity index (χ3v) is 3.22. The first kappa shape index (κ1) is 11.3. The van der Waals surface area contributed by atoms with Crippen molar-refractivity contribution < 1.29 is 4.52 Å². The van der Waals surface area contributed by atoms with E-state index in [1.807, 2.05) is 42.0 Å². The molecule has 0 saturated carbocycles. The number of rotatable bonds is 3. The number of aromatic nitrogens is 3. The number of aryl methyl sites for hydroxylation is 1. The van der Waals surface area contributed by atoms with E-state index < -0.39 is 0 Å². The zero-order valence-electron chi connectivity index (χ0n) is 9.93. The summed E-state index contributed by atoms with van der Waals surface area (Å²) in [5.74, 6) is 1.35. The summed E-state index contributed by atoms with van der Waals surface area (Å²) in [7, 11) is 0. The van der Waals surface area contributed by atoms with Gasteiger partial charge in [0.25, 0.3) is 0 Å². The average Bonchev–Trinajstić information content (AvgIpc) is 2.98. The van der Waals surface area contributed by atoms with E-state index in [9.17, 15) is 0 Å². The third kappa shape index (κ3) is 1.88. The predicted octanol–water partition coefficient (Wildman–Crippen LogP) is 3.29. The summed E-state index contributed by atoms with van der Waals surface area (Å²) in [5.41, 5.74) is 1.07. The third-order valence-electron chi connectivity index (χ3n) is 2.89. The summed E-state index contributed by atoms with van der Waals surface area (Å²) in [6, 6.07) is 7.84. The molecule has 1 aromatic carbocycles. The van der Waals surface area contributed by atoms with Gasteiger partial charge in [-0.05, 0) is 18.2 Å². The summed E-state index contributed by atoms with van der Waals surface area (Å²) in [4.78, 5) is 4.30. The maximum atomic E-state index is 6.14. The molecule has 0 N–H and O–H groups in total. The van der Waals surface area contributed by atoms with Crippen LogP contribution in [-0.4, -0.2) is 14.7 Å². The molecule has 0 unspecified atom stereocenters. The Hall–Kier alpha value is -1.81. The zero-order chi connectivity index (χ0) is 12.5. The van der Waals surface area contributed by atoms with Crippen LogP contribution < -0.4 is 0 Å². The Labute approximate surface area is 109 Å². The van der Waals surface area contributed by atoms with E-state index >= 15 is 0 Å². The van der Waals surface area contributed by atoms with Gasteiger partial charge in [-0.1, -0.05) is 29.7 Å². The molecule has 3 rings (SSSR count). The molecule has 0 aliphatic heterocycles. The highest BCUT2D eigenvalue weighted by atomic mass is 35.5. The Kier molecular flexibility index (Phi) is 2.80. The molecular formula is C13H12ClN3O. The number of hydrogen-bond acceptors (Lipinski definition) is 3. The number of fused-ring (bicyclic) bond motifs is 1. The highest BCUT2D eigenvalue weighted by Crippen LogP contribution is 2.24. The van der Waals surface area contributed by atoms with Crippen LogP contribution in [0.3, 0.4) is 0 Å². The Balaban J connectivity index is 1.97. The molecule has 92 valence electrons. The Bertz CT molecular complexity index is 686. The molecule has 3 aromatic rings. The summed E-state index contributed by atoms with van der Waals surface area (Å²) >= 11 is 6.14. The summed E-state index contributed by atoms with van der Waals surface area (Å²) in [5, 5.41) is 5.68. The minimum absolute atomic E-state index is 0.566. The van der Waals surface area contributed by atoms with Gasteiger partial charge in [0.2, 0.25) is 5.89 Å². The fourth-order valence-electron chi connectivity index (χ4n) is 1.97. The second-order valence-electron chi connectivity index (χ2n) is 4.07. The molecule has 0 bridgehead atoms. The summed E-state index contributed by atoms with van der Waals surface area (Å²) < 4.78 is 7.24. The molecule has 18 heavy (non-hydrogen) atoms. The minimum atomic E-state index is 0.566. The number of benzene rings is 1. The van der Waals surface area contributed by atoms with Crippen molar-refractivity contribution in [3.8, 4) is 0 Å². The lowest BCUT2D eigenvalue weighted by atomic mass is 10.2. The standard InChI is InChI=1S/C13H12ClN3O/c1-2-12-15-13(18-16-12)8-17-7-6-9-10(14)4-3-5-11(9)17/h3-7H,2,8H2,1H3. The van der Waals surface area contributed by atoms with Gasteiger partial charge in [-0.2, -0.15) is 4.98 Å². The van der Waals surface area contributed by atoms with Crippen LogP contribution in [0, 0.1) is 0 Å². The first-order chi connectivity index (χ1) is 8.78. The van der Waals surface area contributed by atoms with Crippen LogP contribution in [0.25, 0.3) is 10.9 Å². The highest BCUT2D eigenvalue weighted by molar-refractivity contribution is 6.35. The van der Waals surface area contributed by atoms with Crippen LogP contribution in [0.15, 0.2) is 35.0 Å². The maximum Gasteiger partial charge on any atom is 0.246 e. The van der Waals surface area contributed by atoms with E-state index in [2.05, 4.69) is 10.1 Å². The van der Waals surface area contributed by atoms with E-state index in [0.717, 1.165) is 28.2 Å². The minimum Gasteiger partial charge on any atom is -0.338 e. The van der Waals surface area contributed by atoms with Crippen LogP contribution in [0.1, 0.15) is 18.6 Å². The quantitative estimate of drug-likeness (QED) is 0.727. The maximum absolute atomic E-state index is 6.14. The van der Waals surface area contributed by atoms with Gasteiger partial charge in [-0.15, -0.1) is 0 Å². The van der Waals surface area contributed by atoms with Crippen LogP contribution in [-0.2, 0) is 13.0 Å². The van der Waals surface area contributed by atoms with Crippen LogP contribution in [0.5, 0.6) is 0 Å². The van der Waals surface area contributed by atoms with Gasteiger partial charge in [0.05, 0.1) is 0 Å². The van der Waals surface area contributed by atoms with E-state index in [4.69, 9.17) is 16.1 Å². The fraction of sp³-hybridized carbons (Fsp3) is 0.231. The Morgan fingerprint density at radius 3 is 3.00 bits per heavy atom. The molecule has 0 aliphatic carbocycles. The Morgan fingerprint density at radius 1 is 1.33 bits per heavy atom. The number of halogens is 1. The molecule has 0 radical (unpaired) electrons. The lowest BCUT2D eigenvalue weighted by Gasteiger charge is -2.01. The molecule has 2 aromatic heterocycles. The molecule has 4 nitrogen and oxygen atoms in total. The predicted molar refractivity (Wildman–Crippen MR) is 69.7 cm³/mol.